The molecule has 1 aromatic heterocycles. The lowest BCUT2D eigenvalue weighted by molar-refractivity contribution is -0.189. The number of halogens is 2. The van der Waals surface area contributed by atoms with Crippen molar-refractivity contribution in [3.05, 3.63) is 59.0 Å². The molecule has 2 aliphatic rings. The Morgan fingerprint density at radius 1 is 1.09 bits per heavy atom. The monoisotopic (exact) mass is 457 g/mol. The van der Waals surface area contributed by atoms with Crippen molar-refractivity contribution in [2.24, 2.45) is 5.41 Å². The lowest BCUT2D eigenvalue weighted by Gasteiger charge is -2.55. The third-order valence-corrected chi connectivity index (χ3v) is 6.03. The molecule has 2 aliphatic heterocycles. The van der Waals surface area contributed by atoms with Gasteiger partial charge in [0.05, 0.1) is 30.8 Å². The Kier molecular flexibility index (Phi) is 5.58. The van der Waals surface area contributed by atoms with Gasteiger partial charge in [0.25, 0.3) is 0 Å². The third kappa shape index (κ3) is 4.72. The average molecular weight is 457 g/mol. The van der Waals surface area contributed by atoms with Gasteiger partial charge in [-0.05, 0) is 36.2 Å². The first-order valence-electron chi connectivity index (χ1n) is 11.0. The quantitative estimate of drug-likeness (QED) is 0.463. The van der Waals surface area contributed by atoms with E-state index in [1.807, 2.05) is 0 Å². The van der Waals surface area contributed by atoms with Gasteiger partial charge in [-0.15, -0.1) is 0 Å². The Morgan fingerprint density at radius 3 is 2.48 bits per heavy atom. The first-order chi connectivity index (χ1) is 15.8. The van der Waals surface area contributed by atoms with Gasteiger partial charge in [-0.3, -0.25) is 4.79 Å². The molecule has 0 radical (unpaired) electrons. The van der Waals surface area contributed by atoms with E-state index in [9.17, 15) is 13.6 Å². The normalized spacial score (nSPS) is 17.5. The van der Waals surface area contributed by atoms with Crippen molar-refractivity contribution in [2.75, 3.05) is 39.5 Å². The lowest BCUT2D eigenvalue weighted by Crippen LogP contribution is -2.65. The van der Waals surface area contributed by atoms with Crippen LogP contribution in [0.3, 0.4) is 0 Å². The van der Waals surface area contributed by atoms with Gasteiger partial charge in [-0.1, -0.05) is 12.1 Å². The molecule has 8 heteroatoms. The summed E-state index contributed by atoms with van der Waals surface area (Å²) in [6.07, 6.45) is -0.976. The summed E-state index contributed by atoms with van der Waals surface area (Å²) < 4.78 is 47.4. The molecular weight excluding hydrogens is 432 g/mol. The summed E-state index contributed by atoms with van der Waals surface area (Å²) in [6, 6.07) is 11.0. The van der Waals surface area contributed by atoms with E-state index in [4.69, 9.17) is 13.9 Å². The predicted octanol–water partition coefficient (Wildman–Crippen LogP) is 4.55. The standard InChI is InChI=1S/C25H25F2NO5/c1-24(26,27)33-18-5-3-17(4-6-18)21-12-32-22-11-19(7-8-20(22)23(21)29)31-10-2-9-28-13-25(14-28)15-30-16-25/h3-8,11-12H,2,9-10,13-16H2,1H3. The zero-order chi connectivity index (χ0) is 23.1. The number of rotatable bonds is 8. The summed E-state index contributed by atoms with van der Waals surface area (Å²) in [7, 11) is 0. The van der Waals surface area contributed by atoms with Crippen LogP contribution < -0.4 is 14.9 Å². The van der Waals surface area contributed by atoms with Gasteiger partial charge < -0.3 is 23.5 Å². The van der Waals surface area contributed by atoms with E-state index in [0.717, 1.165) is 39.3 Å². The number of likely N-dealkylation sites (tertiary alicyclic amines) is 1. The second kappa shape index (κ2) is 8.43. The highest BCUT2D eigenvalue weighted by atomic mass is 19.3. The number of nitrogens with zero attached hydrogens (tertiary/aromatic N) is 1. The van der Waals surface area contributed by atoms with Gasteiger partial charge in [-0.2, -0.15) is 8.78 Å². The molecule has 5 rings (SSSR count). The number of fused-ring (bicyclic) bond motifs is 1. The number of ether oxygens (including phenoxy) is 3. The molecule has 2 fully saturated rings. The van der Waals surface area contributed by atoms with E-state index < -0.39 is 6.11 Å². The summed E-state index contributed by atoms with van der Waals surface area (Å²) in [6.45, 7) is 6.24. The molecule has 3 heterocycles. The Bertz CT molecular complexity index is 1190. The molecule has 0 saturated carbocycles. The maximum absolute atomic E-state index is 13.0. The van der Waals surface area contributed by atoms with Crippen molar-refractivity contribution >= 4 is 11.0 Å². The van der Waals surface area contributed by atoms with Crippen LogP contribution in [0.2, 0.25) is 0 Å². The average Bonchev–Trinajstić information content (AvgIpc) is 2.71. The van der Waals surface area contributed by atoms with Crippen LogP contribution in [0.15, 0.2) is 57.9 Å². The minimum atomic E-state index is -3.27. The van der Waals surface area contributed by atoms with E-state index in [1.165, 1.54) is 18.4 Å². The second-order valence-electron chi connectivity index (χ2n) is 8.98. The van der Waals surface area contributed by atoms with Crippen molar-refractivity contribution < 1.29 is 27.4 Å². The summed E-state index contributed by atoms with van der Waals surface area (Å²) in [4.78, 5) is 15.4. The van der Waals surface area contributed by atoms with Crippen molar-refractivity contribution in [3.63, 3.8) is 0 Å². The number of alkyl halides is 2. The van der Waals surface area contributed by atoms with Crippen LogP contribution in [0.5, 0.6) is 11.5 Å². The number of hydrogen-bond acceptors (Lipinski definition) is 6. The fourth-order valence-corrected chi connectivity index (χ4v) is 4.42. The van der Waals surface area contributed by atoms with Gasteiger partial charge in [0.2, 0.25) is 0 Å². The molecule has 1 spiro atoms. The maximum atomic E-state index is 13.0. The van der Waals surface area contributed by atoms with E-state index in [2.05, 4.69) is 9.64 Å². The van der Waals surface area contributed by atoms with Crippen LogP contribution in [0.1, 0.15) is 13.3 Å². The first-order valence-corrected chi connectivity index (χ1v) is 11.0. The summed E-state index contributed by atoms with van der Waals surface area (Å²) >= 11 is 0. The largest absolute Gasteiger partial charge is 0.493 e. The van der Waals surface area contributed by atoms with E-state index >= 15 is 0 Å². The van der Waals surface area contributed by atoms with Crippen molar-refractivity contribution in [1.29, 1.82) is 0 Å². The molecular formula is C25H25F2NO5. The summed E-state index contributed by atoms with van der Waals surface area (Å²) in [5.74, 6) is 0.664. The van der Waals surface area contributed by atoms with Crippen LogP contribution in [-0.4, -0.2) is 50.5 Å². The van der Waals surface area contributed by atoms with Gasteiger partial charge in [0.1, 0.15) is 23.3 Å². The Balaban J connectivity index is 1.21. The molecule has 0 N–H and O–H groups in total. The van der Waals surface area contributed by atoms with Gasteiger partial charge in [0.15, 0.2) is 5.43 Å². The van der Waals surface area contributed by atoms with Crippen molar-refractivity contribution in [2.45, 2.75) is 19.5 Å². The Hall–Kier alpha value is -2.97. The minimum Gasteiger partial charge on any atom is -0.493 e. The van der Waals surface area contributed by atoms with E-state index in [-0.39, 0.29) is 11.2 Å². The van der Waals surface area contributed by atoms with E-state index in [1.54, 1.807) is 30.3 Å². The molecule has 0 bridgehead atoms. The molecule has 0 aliphatic carbocycles. The first kappa shape index (κ1) is 21.9. The molecule has 0 unspecified atom stereocenters. The zero-order valence-electron chi connectivity index (χ0n) is 18.3. The van der Waals surface area contributed by atoms with Gasteiger partial charge in [-0.25, -0.2) is 0 Å². The van der Waals surface area contributed by atoms with Crippen LogP contribution in [0, 0.1) is 5.41 Å². The van der Waals surface area contributed by atoms with E-state index in [0.29, 0.717) is 46.8 Å². The molecule has 0 amide bonds. The highest BCUT2D eigenvalue weighted by Crippen LogP contribution is 2.37. The number of hydrogen-bond donors (Lipinski definition) is 0. The topological polar surface area (TPSA) is 61.1 Å². The molecule has 33 heavy (non-hydrogen) atoms. The molecule has 174 valence electrons. The Labute approximate surface area is 189 Å². The molecule has 3 aromatic rings. The van der Waals surface area contributed by atoms with Crippen LogP contribution in [0.25, 0.3) is 22.1 Å². The molecule has 2 saturated heterocycles. The fraction of sp³-hybridized carbons (Fsp3) is 0.400. The third-order valence-electron chi connectivity index (χ3n) is 6.03. The van der Waals surface area contributed by atoms with Gasteiger partial charge >= 0.3 is 6.11 Å². The highest BCUT2D eigenvalue weighted by molar-refractivity contribution is 5.82. The summed E-state index contributed by atoms with van der Waals surface area (Å²) in [5.41, 5.74) is 1.55. The smallest absolute Gasteiger partial charge is 0.394 e. The minimum absolute atomic E-state index is 0.0175. The fourth-order valence-electron chi connectivity index (χ4n) is 4.42. The lowest BCUT2D eigenvalue weighted by atomic mass is 9.78. The van der Waals surface area contributed by atoms with Crippen molar-refractivity contribution in [3.8, 4) is 22.6 Å². The van der Waals surface area contributed by atoms with Crippen LogP contribution >= 0.6 is 0 Å². The molecule has 2 aromatic carbocycles. The predicted molar refractivity (Wildman–Crippen MR) is 119 cm³/mol. The Morgan fingerprint density at radius 2 is 1.82 bits per heavy atom. The highest BCUT2D eigenvalue weighted by Gasteiger charge is 2.48. The summed E-state index contributed by atoms with van der Waals surface area (Å²) in [5, 5.41) is 0.425. The van der Waals surface area contributed by atoms with Crippen molar-refractivity contribution in [1.82, 2.24) is 4.90 Å². The number of benzene rings is 2. The maximum Gasteiger partial charge on any atom is 0.394 e. The van der Waals surface area contributed by atoms with Gasteiger partial charge in [0, 0.05) is 38.0 Å². The van der Waals surface area contributed by atoms with Crippen LogP contribution in [-0.2, 0) is 4.74 Å². The SMILES string of the molecule is CC(F)(F)Oc1ccc(-c2coc3cc(OCCCN4CC5(COC5)C4)ccc3c2=O)cc1. The second-order valence-corrected chi connectivity index (χ2v) is 8.98. The van der Waals surface area contributed by atoms with Crippen LogP contribution in [0.4, 0.5) is 8.78 Å². The molecule has 0 atom stereocenters. The molecule has 6 nitrogen and oxygen atoms in total. The zero-order valence-corrected chi connectivity index (χ0v) is 18.3.